The van der Waals surface area contributed by atoms with Crippen LogP contribution in [-0.2, 0) is 6.42 Å². The van der Waals surface area contributed by atoms with E-state index in [1.165, 1.54) is 0 Å². The molecule has 5 heteroatoms. The van der Waals surface area contributed by atoms with Gasteiger partial charge in [0.2, 0.25) is 0 Å². The predicted octanol–water partition coefficient (Wildman–Crippen LogP) is 2.07. The average molecular weight is 234 g/mol. The molecule has 0 bridgehead atoms. The molecule has 0 spiro atoms. The molecule has 4 N–H and O–H groups in total. The molecule has 0 saturated heterocycles. The van der Waals surface area contributed by atoms with Crippen LogP contribution in [0, 0.1) is 0 Å². The minimum absolute atomic E-state index is 0.172. The molecule has 1 amide bonds. The smallest absolute Gasteiger partial charge is 0.404 e. The van der Waals surface area contributed by atoms with Gasteiger partial charge in [0.25, 0.3) is 0 Å². The van der Waals surface area contributed by atoms with E-state index in [2.05, 4.69) is 10.3 Å². The minimum Gasteiger partial charge on any atom is -0.506 e. The lowest BCUT2D eigenvalue weighted by Gasteiger charge is -2.10. The number of para-hydroxylation sites is 1. The van der Waals surface area contributed by atoms with E-state index >= 15 is 0 Å². The number of amides is 1. The number of phenols is 1. The number of nitrogens with one attached hydrogen (secondary N) is 2. The van der Waals surface area contributed by atoms with Crippen LogP contribution in [0.3, 0.4) is 0 Å². The van der Waals surface area contributed by atoms with Crippen LogP contribution >= 0.6 is 0 Å². The van der Waals surface area contributed by atoms with Crippen molar-refractivity contribution in [2.75, 3.05) is 0 Å². The van der Waals surface area contributed by atoms with Gasteiger partial charge in [-0.15, -0.1) is 0 Å². The summed E-state index contributed by atoms with van der Waals surface area (Å²) in [6.45, 7) is 1.80. The number of aromatic nitrogens is 1. The van der Waals surface area contributed by atoms with Crippen molar-refractivity contribution < 1.29 is 15.0 Å². The first-order chi connectivity index (χ1) is 8.08. The van der Waals surface area contributed by atoms with Gasteiger partial charge in [0.1, 0.15) is 5.75 Å². The van der Waals surface area contributed by atoms with Gasteiger partial charge >= 0.3 is 6.09 Å². The Morgan fingerprint density at radius 3 is 3.00 bits per heavy atom. The highest BCUT2D eigenvalue weighted by Crippen LogP contribution is 2.26. The molecule has 0 aliphatic heterocycles. The fourth-order valence-corrected chi connectivity index (χ4v) is 1.96. The Morgan fingerprint density at radius 1 is 1.53 bits per heavy atom. The Hall–Kier alpha value is -2.17. The Labute approximate surface area is 98.1 Å². The number of benzene rings is 1. The van der Waals surface area contributed by atoms with E-state index in [4.69, 9.17) is 5.11 Å². The third-order valence-corrected chi connectivity index (χ3v) is 2.68. The number of carbonyl (C=O) groups is 1. The van der Waals surface area contributed by atoms with E-state index in [0.29, 0.717) is 11.9 Å². The zero-order valence-electron chi connectivity index (χ0n) is 9.40. The van der Waals surface area contributed by atoms with E-state index in [1.807, 2.05) is 6.07 Å². The molecule has 0 saturated carbocycles. The zero-order valence-corrected chi connectivity index (χ0v) is 9.40. The van der Waals surface area contributed by atoms with Gasteiger partial charge in [-0.2, -0.15) is 0 Å². The Bertz CT molecular complexity index is 548. The molecule has 0 fully saturated rings. The molecular formula is C12H14N2O3. The maximum atomic E-state index is 10.5. The van der Waals surface area contributed by atoms with Crippen molar-refractivity contribution in [1.82, 2.24) is 10.3 Å². The molecular weight excluding hydrogens is 220 g/mol. The summed E-state index contributed by atoms with van der Waals surface area (Å²) in [6, 6.07) is 5.11. The molecule has 1 aromatic carbocycles. The third-order valence-electron chi connectivity index (χ3n) is 2.68. The molecule has 0 radical (unpaired) electrons. The fraction of sp³-hybridized carbons (Fsp3) is 0.250. The minimum atomic E-state index is -1.03. The Balaban J connectivity index is 2.25. The second-order valence-electron chi connectivity index (χ2n) is 4.07. The summed E-state index contributed by atoms with van der Waals surface area (Å²) in [6.07, 6.45) is 1.35. The number of aromatic amines is 1. The number of fused-ring (bicyclic) bond motifs is 1. The maximum Gasteiger partial charge on any atom is 0.404 e. The summed E-state index contributed by atoms with van der Waals surface area (Å²) in [7, 11) is 0. The number of rotatable bonds is 3. The number of hydrogen-bond donors (Lipinski definition) is 4. The molecule has 0 aliphatic carbocycles. The Kier molecular flexibility index (Phi) is 2.91. The standard InChI is InChI=1S/C12H14N2O3/c1-7(14-12(16)17)5-8-6-13-11-9(8)3-2-4-10(11)15/h2-4,6-7,13-15H,5H2,1H3,(H,16,17). The van der Waals surface area contributed by atoms with Gasteiger partial charge in [-0.3, -0.25) is 0 Å². The predicted molar refractivity (Wildman–Crippen MR) is 64.3 cm³/mol. The van der Waals surface area contributed by atoms with Crippen LogP contribution in [0.4, 0.5) is 4.79 Å². The van der Waals surface area contributed by atoms with Gasteiger partial charge in [-0.05, 0) is 25.0 Å². The first kappa shape index (κ1) is 11.3. The van der Waals surface area contributed by atoms with Crippen molar-refractivity contribution >= 4 is 17.0 Å². The van der Waals surface area contributed by atoms with Crippen LogP contribution in [0.15, 0.2) is 24.4 Å². The molecule has 1 atom stereocenters. The largest absolute Gasteiger partial charge is 0.506 e. The summed E-state index contributed by atoms with van der Waals surface area (Å²) < 4.78 is 0. The summed E-state index contributed by atoms with van der Waals surface area (Å²) in [5, 5.41) is 21.6. The normalized spacial score (nSPS) is 12.5. The van der Waals surface area contributed by atoms with Gasteiger partial charge in [-0.25, -0.2) is 4.79 Å². The van der Waals surface area contributed by atoms with Gasteiger partial charge in [0, 0.05) is 17.6 Å². The number of carboxylic acid groups (broad SMARTS) is 1. The molecule has 0 aliphatic rings. The summed E-state index contributed by atoms with van der Waals surface area (Å²) in [5.41, 5.74) is 1.67. The highest BCUT2D eigenvalue weighted by Gasteiger charge is 2.11. The lowest BCUT2D eigenvalue weighted by Crippen LogP contribution is -2.32. The van der Waals surface area contributed by atoms with Crippen molar-refractivity contribution in [1.29, 1.82) is 0 Å². The number of phenolic OH excluding ortho intramolecular Hbond substituents is 1. The lowest BCUT2D eigenvalue weighted by atomic mass is 10.1. The van der Waals surface area contributed by atoms with Crippen LogP contribution in [-0.4, -0.2) is 27.3 Å². The van der Waals surface area contributed by atoms with Crippen LogP contribution in [0.5, 0.6) is 5.75 Å². The molecule has 2 rings (SSSR count). The van der Waals surface area contributed by atoms with Crippen molar-refractivity contribution in [2.24, 2.45) is 0 Å². The van der Waals surface area contributed by atoms with Crippen molar-refractivity contribution in [3.63, 3.8) is 0 Å². The van der Waals surface area contributed by atoms with Crippen LogP contribution in [0.25, 0.3) is 10.9 Å². The molecule has 90 valence electrons. The van der Waals surface area contributed by atoms with Gasteiger partial charge in [0.05, 0.1) is 5.52 Å². The molecule has 5 nitrogen and oxygen atoms in total. The van der Waals surface area contributed by atoms with Crippen LogP contribution < -0.4 is 5.32 Å². The van der Waals surface area contributed by atoms with Gasteiger partial charge in [-0.1, -0.05) is 12.1 Å². The monoisotopic (exact) mass is 234 g/mol. The third kappa shape index (κ3) is 2.33. The first-order valence-electron chi connectivity index (χ1n) is 5.35. The van der Waals surface area contributed by atoms with Crippen LogP contribution in [0.1, 0.15) is 12.5 Å². The molecule has 1 aromatic heterocycles. The van der Waals surface area contributed by atoms with Crippen molar-refractivity contribution in [3.8, 4) is 5.75 Å². The number of aromatic hydroxyl groups is 1. The fourth-order valence-electron chi connectivity index (χ4n) is 1.96. The zero-order chi connectivity index (χ0) is 12.4. The van der Waals surface area contributed by atoms with Gasteiger partial charge in [0.15, 0.2) is 0 Å². The Morgan fingerprint density at radius 2 is 2.29 bits per heavy atom. The average Bonchev–Trinajstić information content (AvgIpc) is 2.62. The van der Waals surface area contributed by atoms with E-state index in [9.17, 15) is 9.90 Å². The summed E-state index contributed by atoms with van der Waals surface area (Å²) in [5.74, 6) is 0.201. The number of H-pyrrole nitrogens is 1. The van der Waals surface area contributed by atoms with E-state index in [0.717, 1.165) is 10.9 Å². The van der Waals surface area contributed by atoms with Crippen molar-refractivity contribution in [3.05, 3.63) is 30.0 Å². The highest BCUT2D eigenvalue weighted by atomic mass is 16.4. The molecule has 2 aromatic rings. The van der Waals surface area contributed by atoms with E-state index in [-0.39, 0.29) is 11.8 Å². The summed E-state index contributed by atoms with van der Waals surface area (Å²) >= 11 is 0. The quantitative estimate of drug-likeness (QED) is 0.655. The summed E-state index contributed by atoms with van der Waals surface area (Å²) in [4.78, 5) is 13.5. The number of hydrogen-bond acceptors (Lipinski definition) is 2. The van der Waals surface area contributed by atoms with Crippen molar-refractivity contribution in [2.45, 2.75) is 19.4 Å². The highest BCUT2D eigenvalue weighted by molar-refractivity contribution is 5.88. The molecule has 17 heavy (non-hydrogen) atoms. The molecule has 1 heterocycles. The molecule has 1 unspecified atom stereocenters. The van der Waals surface area contributed by atoms with E-state index in [1.54, 1.807) is 25.3 Å². The maximum absolute atomic E-state index is 10.5. The SMILES string of the molecule is CC(Cc1c[nH]c2c(O)cccc12)NC(=O)O. The second kappa shape index (κ2) is 4.37. The van der Waals surface area contributed by atoms with E-state index < -0.39 is 6.09 Å². The lowest BCUT2D eigenvalue weighted by molar-refractivity contribution is 0.190. The van der Waals surface area contributed by atoms with Gasteiger partial charge < -0.3 is 20.5 Å². The topological polar surface area (TPSA) is 85.4 Å². The van der Waals surface area contributed by atoms with Crippen LogP contribution in [0.2, 0.25) is 0 Å². The second-order valence-corrected chi connectivity index (χ2v) is 4.07. The first-order valence-corrected chi connectivity index (χ1v) is 5.35.